The summed E-state index contributed by atoms with van der Waals surface area (Å²) in [6.07, 6.45) is 2.52. The molecule has 0 saturated carbocycles. The second kappa shape index (κ2) is 6.51. The lowest BCUT2D eigenvalue weighted by Crippen LogP contribution is -2.45. The van der Waals surface area contributed by atoms with Crippen molar-refractivity contribution >= 4 is 31.9 Å². The van der Waals surface area contributed by atoms with E-state index in [0.717, 1.165) is 34.5 Å². The molecule has 1 fully saturated rings. The summed E-state index contributed by atoms with van der Waals surface area (Å²) < 4.78 is 2.23. The molecular formula is C14H20Br2N2. The Morgan fingerprint density at radius 1 is 1.33 bits per heavy atom. The number of nitrogens with zero attached hydrogens (tertiary/aromatic N) is 1. The van der Waals surface area contributed by atoms with E-state index in [9.17, 15) is 0 Å². The van der Waals surface area contributed by atoms with Crippen molar-refractivity contribution in [3.8, 4) is 0 Å². The Kier molecular flexibility index (Phi) is 5.24. The van der Waals surface area contributed by atoms with E-state index in [0.29, 0.717) is 6.04 Å². The maximum Gasteiger partial charge on any atom is 0.0320 e. The van der Waals surface area contributed by atoms with Gasteiger partial charge in [0.05, 0.1) is 0 Å². The van der Waals surface area contributed by atoms with Crippen molar-refractivity contribution in [3.05, 3.63) is 32.7 Å². The first-order chi connectivity index (χ1) is 8.60. The normalized spacial score (nSPS) is 25.3. The first-order valence-corrected chi connectivity index (χ1v) is 8.06. The van der Waals surface area contributed by atoms with Gasteiger partial charge in [0.2, 0.25) is 0 Å². The number of hydrogen-bond donors (Lipinski definition) is 1. The molecule has 1 aliphatic rings. The molecule has 1 aliphatic heterocycles. The second-order valence-corrected chi connectivity index (χ2v) is 6.95. The summed E-state index contributed by atoms with van der Waals surface area (Å²) in [6, 6.07) is 7.01. The number of piperidine rings is 1. The SMILES string of the molecule is CC1CCN(Cc2ccc(Br)c(Br)c2)C(CN)C1. The van der Waals surface area contributed by atoms with E-state index in [4.69, 9.17) is 5.73 Å². The zero-order chi connectivity index (χ0) is 13.1. The fourth-order valence-electron chi connectivity index (χ4n) is 2.63. The van der Waals surface area contributed by atoms with E-state index >= 15 is 0 Å². The number of benzene rings is 1. The average Bonchev–Trinajstić information content (AvgIpc) is 2.36. The molecule has 1 saturated heterocycles. The van der Waals surface area contributed by atoms with Gasteiger partial charge in [-0.25, -0.2) is 0 Å². The Morgan fingerprint density at radius 3 is 2.78 bits per heavy atom. The molecule has 0 aliphatic carbocycles. The molecule has 2 nitrogen and oxygen atoms in total. The standard InChI is InChI=1S/C14H20Br2N2/c1-10-4-5-18(12(6-10)8-17)9-11-2-3-13(15)14(16)7-11/h2-3,7,10,12H,4-6,8-9,17H2,1H3. The Labute approximate surface area is 126 Å². The van der Waals surface area contributed by atoms with Crippen LogP contribution in [0, 0.1) is 5.92 Å². The highest BCUT2D eigenvalue weighted by Gasteiger charge is 2.25. The summed E-state index contributed by atoms with van der Waals surface area (Å²) >= 11 is 7.07. The number of hydrogen-bond acceptors (Lipinski definition) is 2. The van der Waals surface area contributed by atoms with E-state index in [1.165, 1.54) is 18.4 Å². The minimum atomic E-state index is 0.538. The van der Waals surface area contributed by atoms with Crippen molar-refractivity contribution in [2.45, 2.75) is 32.4 Å². The van der Waals surface area contributed by atoms with Gasteiger partial charge in [-0.2, -0.15) is 0 Å². The summed E-state index contributed by atoms with van der Waals surface area (Å²) in [6.45, 7) is 5.26. The maximum absolute atomic E-state index is 5.91. The Hall–Kier alpha value is 0.1000. The number of halogens is 2. The van der Waals surface area contributed by atoms with E-state index in [1.807, 2.05) is 0 Å². The lowest BCUT2D eigenvalue weighted by atomic mass is 9.92. The van der Waals surface area contributed by atoms with E-state index in [1.54, 1.807) is 0 Å². The topological polar surface area (TPSA) is 29.3 Å². The van der Waals surface area contributed by atoms with Gasteiger partial charge in [0.15, 0.2) is 0 Å². The molecule has 1 heterocycles. The first kappa shape index (κ1) is 14.5. The van der Waals surface area contributed by atoms with Gasteiger partial charge in [-0.05, 0) is 74.9 Å². The van der Waals surface area contributed by atoms with Crippen molar-refractivity contribution in [1.82, 2.24) is 4.90 Å². The van der Waals surface area contributed by atoms with Crippen LogP contribution in [0.5, 0.6) is 0 Å². The van der Waals surface area contributed by atoms with Crippen LogP contribution in [0.15, 0.2) is 27.1 Å². The molecule has 2 rings (SSSR count). The van der Waals surface area contributed by atoms with Crippen LogP contribution in [-0.4, -0.2) is 24.0 Å². The van der Waals surface area contributed by atoms with Gasteiger partial charge in [0, 0.05) is 28.1 Å². The molecule has 0 amide bonds. The molecule has 0 spiro atoms. The second-order valence-electron chi connectivity index (χ2n) is 5.24. The van der Waals surface area contributed by atoms with Crippen molar-refractivity contribution in [2.75, 3.05) is 13.1 Å². The molecule has 0 radical (unpaired) electrons. The molecule has 100 valence electrons. The van der Waals surface area contributed by atoms with E-state index in [-0.39, 0.29) is 0 Å². The fraction of sp³-hybridized carbons (Fsp3) is 0.571. The summed E-state index contributed by atoms with van der Waals surface area (Å²) in [4.78, 5) is 2.52. The van der Waals surface area contributed by atoms with Crippen LogP contribution in [0.2, 0.25) is 0 Å². The number of likely N-dealkylation sites (tertiary alicyclic amines) is 1. The lowest BCUT2D eigenvalue weighted by molar-refractivity contribution is 0.115. The largest absolute Gasteiger partial charge is 0.329 e. The number of nitrogens with two attached hydrogens (primary N) is 1. The molecule has 4 heteroatoms. The monoisotopic (exact) mass is 374 g/mol. The predicted octanol–water partition coefficient (Wildman–Crippen LogP) is 3.77. The molecule has 2 unspecified atom stereocenters. The smallest absolute Gasteiger partial charge is 0.0320 e. The van der Waals surface area contributed by atoms with Crippen LogP contribution >= 0.6 is 31.9 Å². The molecule has 2 atom stereocenters. The highest BCUT2D eigenvalue weighted by molar-refractivity contribution is 9.13. The zero-order valence-electron chi connectivity index (χ0n) is 10.7. The van der Waals surface area contributed by atoms with E-state index in [2.05, 4.69) is 61.9 Å². The number of rotatable bonds is 3. The van der Waals surface area contributed by atoms with Crippen LogP contribution in [0.25, 0.3) is 0 Å². The highest BCUT2D eigenvalue weighted by atomic mass is 79.9. The van der Waals surface area contributed by atoms with Gasteiger partial charge < -0.3 is 5.73 Å². The van der Waals surface area contributed by atoms with Crippen molar-refractivity contribution in [1.29, 1.82) is 0 Å². The zero-order valence-corrected chi connectivity index (χ0v) is 13.9. The Morgan fingerprint density at radius 2 is 2.11 bits per heavy atom. The Bertz CT molecular complexity index is 409. The third-order valence-corrected chi connectivity index (χ3v) is 5.62. The minimum Gasteiger partial charge on any atom is -0.329 e. The maximum atomic E-state index is 5.91. The quantitative estimate of drug-likeness (QED) is 0.871. The predicted molar refractivity (Wildman–Crippen MR) is 83.5 cm³/mol. The van der Waals surface area contributed by atoms with Crippen molar-refractivity contribution < 1.29 is 0 Å². The average molecular weight is 376 g/mol. The van der Waals surface area contributed by atoms with Crippen LogP contribution in [-0.2, 0) is 6.54 Å². The Balaban J connectivity index is 2.05. The molecule has 1 aromatic carbocycles. The van der Waals surface area contributed by atoms with Gasteiger partial charge in [-0.15, -0.1) is 0 Å². The molecular weight excluding hydrogens is 356 g/mol. The summed E-state index contributed by atoms with van der Waals surface area (Å²) in [7, 11) is 0. The van der Waals surface area contributed by atoms with Crippen LogP contribution in [0.4, 0.5) is 0 Å². The van der Waals surface area contributed by atoms with Crippen LogP contribution in [0.1, 0.15) is 25.3 Å². The van der Waals surface area contributed by atoms with Gasteiger partial charge in [-0.3, -0.25) is 4.90 Å². The molecule has 1 aromatic rings. The molecule has 18 heavy (non-hydrogen) atoms. The minimum absolute atomic E-state index is 0.538. The molecule has 0 aromatic heterocycles. The third kappa shape index (κ3) is 3.56. The first-order valence-electron chi connectivity index (χ1n) is 6.48. The molecule has 2 N–H and O–H groups in total. The van der Waals surface area contributed by atoms with Crippen LogP contribution < -0.4 is 5.73 Å². The van der Waals surface area contributed by atoms with Crippen molar-refractivity contribution in [2.24, 2.45) is 11.7 Å². The van der Waals surface area contributed by atoms with Crippen LogP contribution in [0.3, 0.4) is 0 Å². The van der Waals surface area contributed by atoms with Gasteiger partial charge >= 0.3 is 0 Å². The lowest BCUT2D eigenvalue weighted by Gasteiger charge is -2.38. The fourth-order valence-corrected chi connectivity index (χ4v) is 3.30. The van der Waals surface area contributed by atoms with Crippen molar-refractivity contribution in [3.63, 3.8) is 0 Å². The summed E-state index contributed by atoms with van der Waals surface area (Å²) in [5.74, 6) is 0.812. The highest BCUT2D eigenvalue weighted by Crippen LogP contribution is 2.27. The molecule has 0 bridgehead atoms. The third-order valence-electron chi connectivity index (χ3n) is 3.74. The van der Waals surface area contributed by atoms with Gasteiger partial charge in [0.1, 0.15) is 0 Å². The van der Waals surface area contributed by atoms with Gasteiger partial charge in [0.25, 0.3) is 0 Å². The summed E-state index contributed by atoms with van der Waals surface area (Å²) in [5, 5.41) is 0. The van der Waals surface area contributed by atoms with E-state index < -0.39 is 0 Å². The summed E-state index contributed by atoms with van der Waals surface area (Å²) in [5.41, 5.74) is 7.25. The van der Waals surface area contributed by atoms with Gasteiger partial charge in [-0.1, -0.05) is 13.0 Å².